The highest BCUT2D eigenvalue weighted by molar-refractivity contribution is 5.29. The fourth-order valence-corrected chi connectivity index (χ4v) is 1.11. The van der Waals surface area contributed by atoms with Crippen LogP contribution in [-0.2, 0) is 9.47 Å². The molecule has 0 bridgehead atoms. The smallest absolute Gasteiger partial charge is 0.251 e. The summed E-state index contributed by atoms with van der Waals surface area (Å²) in [5.74, 6) is 0.246. The molecule has 0 radical (unpaired) electrons. The van der Waals surface area contributed by atoms with Crippen LogP contribution in [0.5, 0.6) is 5.88 Å². The van der Waals surface area contributed by atoms with Crippen LogP contribution < -0.4 is 4.74 Å². The minimum absolute atomic E-state index is 0.187. The van der Waals surface area contributed by atoms with E-state index in [0.29, 0.717) is 26.4 Å². The van der Waals surface area contributed by atoms with Crippen molar-refractivity contribution in [1.29, 1.82) is 5.26 Å². The normalized spacial score (nSPS) is 9.88. The highest BCUT2D eigenvalue weighted by Crippen LogP contribution is 2.08. The molecular formula is C11H15N3O3. The van der Waals surface area contributed by atoms with Gasteiger partial charge < -0.3 is 14.2 Å². The Hall–Kier alpha value is -1.71. The molecule has 0 saturated heterocycles. The summed E-state index contributed by atoms with van der Waals surface area (Å²) in [7, 11) is 1.65. The monoisotopic (exact) mass is 237 g/mol. The maximum Gasteiger partial charge on any atom is 0.251 e. The van der Waals surface area contributed by atoms with Gasteiger partial charge in [-0.2, -0.15) is 5.26 Å². The maximum absolute atomic E-state index is 8.74. The minimum Gasteiger partial charge on any atom is -0.473 e. The quantitative estimate of drug-likeness (QED) is 0.622. The molecule has 0 atom stereocenters. The number of nitrogens with zero attached hydrogens (tertiary/aromatic N) is 3. The van der Waals surface area contributed by atoms with E-state index in [4.69, 9.17) is 19.5 Å². The maximum atomic E-state index is 8.74. The Morgan fingerprint density at radius 3 is 2.76 bits per heavy atom. The van der Waals surface area contributed by atoms with Crippen molar-refractivity contribution in [3.05, 3.63) is 18.1 Å². The molecule has 1 aromatic rings. The Morgan fingerprint density at radius 1 is 1.18 bits per heavy atom. The molecule has 1 heterocycles. The summed E-state index contributed by atoms with van der Waals surface area (Å²) in [6.45, 7) is 2.11. The van der Waals surface area contributed by atoms with Crippen LogP contribution in [0.2, 0.25) is 0 Å². The standard InChI is InChI=1S/C11H15N3O3/c1-15-5-2-6-16-7-8-17-11-10(9-12)13-3-4-14-11/h3-4H,2,5-8H2,1H3. The van der Waals surface area contributed by atoms with Gasteiger partial charge in [0.2, 0.25) is 5.69 Å². The average Bonchev–Trinajstić information content (AvgIpc) is 2.38. The molecule has 0 aliphatic rings. The second kappa shape index (κ2) is 8.44. The summed E-state index contributed by atoms with van der Waals surface area (Å²) >= 11 is 0. The Kier molecular flexibility index (Phi) is 6.63. The fourth-order valence-electron chi connectivity index (χ4n) is 1.11. The van der Waals surface area contributed by atoms with Gasteiger partial charge in [-0.3, -0.25) is 0 Å². The van der Waals surface area contributed by atoms with Gasteiger partial charge in [0.15, 0.2) is 0 Å². The van der Waals surface area contributed by atoms with Crippen molar-refractivity contribution in [2.45, 2.75) is 6.42 Å². The van der Waals surface area contributed by atoms with Gasteiger partial charge in [0.25, 0.3) is 5.88 Å². The van der Waals surface area contributed by atoms with Gasteiger partial charge in [-0.25, -0.2) is 9.97 Å². The number of hydrogen-bond acceptors (Lipinski definition) is 6. The Morgan fingerprint density at radius 2 is 2.00 bits per heavy atom. The highest BCUT2D eigenvalue weighted by Gasteiger charge is 2.04. The Balaban J connectivity index is 2.16. The summed E-state index contributed by atoms with van der Waals surface area (Å²) in [6.07, 6.45) is 3.79. The molecule has 6 heteroatoms. The fraction of sp³-hybridized carbons (Fsp3) is 0.545. The SMILES string of the molecule is COCCCOCCOc1nccnc1C#N. The van der Waals surface area contributed by atoms with Gasteiger partial charge in [0.1, 0.15) is 12.7 Å². The molecule has 0 aromatic carbocycles. The van der Waals surface area contributed by atoms with E-state index in [1.807, 2.05) is 6.07 Å². The summed E-state index contributed by atoms with van der Waals surface area (Å²) in [5, 5.41) is 8.74. The second-order valence-electron chi connectivity index (χ2n) is 3.13. The first kappa shape index (κ1) is 13.4. The van der Waals surface area contributed by atoms with Crippen molar-refractivity contribution in [2.24, 2.45) is 0 Å². The molecule has 0 saturated carbocycles. The van der Waals surface area contributed by atoms with E-state index in [0.717, 1.165) is 6.42 Å². The van der Waals surface area contributed by atoms with Crippen LogP contribution in [0.3, 0.4) is 0 Å². The van der Waals surface area contributed by atoms with Crippen LogP contribution in [0.4, 0.5) is 0 Å². The molecule has 17 heavy (non-hydrogen) atoms. The minimum atomic E-state index is 0.187. The number of nitriles is 1. The number of ether oxygens (including phenoxy) is 3. The summed E-state index contributed by atoms with van der Waals surface area (Å²) < 4.78 is 15.5. The second-order valence-corrected chi connectivity index (χ2v) is 3.13. The summed E-state index contributed by atoms with van der Waals surface area (Å²) in [5.41, 5.74) is 0.187. The van der Waals surface area contributed by atoms with Crippen LogP contribution >= 0.6 is 0 Å². The predicted molar refractivity (Wildman–Crippen MR) is 59.6 cm³/mol. The van der Waals surface area contributed by atoms with E-state index >= 15 is 0 Å². The lowest BCUT2D eigenvalue weighted by Crippen LogP contribution is -2.10. The van der Waals surface area contributed by atoms with Crippen molar-refractivity contribution >= 4 is 0 Å². The molecule has 0 unspecified atom stereocenters. The molecule has 0 spiro atoms. The number of aromatic nitrogens is 2. The molecule has 92 valence electrons. The third kappa shape index (κ3) is 5.24. The van der Waals surface area contributed by atoms with Crippen LogP contribution in [0.1, 0.15) is 12.1 Å². The van der Waals surface area contributed by atoms with Gasteiger partial charge in [-0.05, 0) is 6.42 Å². The lowest BCUT2D eigenvalue weighted by atomic mass is 10.5. The van der Waals surface area contributed by atoms with Crippen molar-refractivity contribution in [2.75, 3.05) is 33.5 Å². The predicted octanol–water partition coefficient (Wildman–Crippen LogP) is 0.780. The van der Waals surface area contributed by atoms with Crippen molar-refractivity contribution in [3.8, 4) is 11.9 Å². The molecule has 1 aromatic heterocycles. The van der Waals surface area contributed by atoms with E-state index in [1.165, 1.54) is 12.4 Å². The molecule has 1 rings (SSSR count). The first-order valence-corrected chi connectivity index (χ1v) is 5.29. The van der Waals surface area contributed by atoms with Crippen molar-refractivity contribution in [1.82, 2.24) is 9.97 Å². The molecule has 6 nitrogen and oxygen atoms in total. The zero-order valence-corrected chi connectivity index (χ0v) is 9.76. The van der Waals surface area contributed by atoms with Gasteiger partial charge in [-0.15, -0.1) is 0 Å². The summed E-state index contributed by atoms with van der Waals surface area (Å²) in [4.78, 5) is 7.74. The van der Waals surface area contributed by atoms with Gasteiger partial charge in [0, 0.05) is 32.7 Å². The molecular weight excluding hydrogens is 222 g/mol. The lowest BCUT2D eigenvalue weighted by molar-refractivity contribution is 0.0794. The van der Waals surface area contributed by atoms with E-state index in [-0.39, 0.29) is 11.6 Å². The van der Waals surface area contributed by atoms with Crippen LogP contribution in [0, 0.1) is 11.3 Å². The van der Waals surface area contributed by atoms with E-state index in [9.17, 15) is 0 Å². The molecule has 0 aliphatic carbocycles. The van der Waals surface area contributed by atoms with Crippen molar-refractivity contribution < 1.29 is 14.2 Å². The third-order valence-corrected chi connectivity index (χ3v) is 1.87. The average molecular weight is 237 g/mol. The Labute approximate surface area is 100 Å². The number of rotatable bonds is 8. The van der Waals surface area contributed by atoms with Crippen LogP contribution in [-0.4, -0.2) is 43.5 Å². The molecule has 0 aliphatic heterocycles. The summed E-state index contributed by atoms with van der Waals surface area (Å²) in [6, 6.07) is 1.91. The van der Waals surface area contributed by atoms with E-state index < -0.39 is 0 Å². The van der Waals surface area contributed by atoms with Crippen LogP contribution in [0.25, 0.3) is 0 Å². The zero-order chi connectivity index (χ0) is 12.3. The molecule has 0 amide bonds. The van der Waals surface area contributed by atoms with Crippen molar-refractivity contribution in [3.63, 3.8) is 0 Å². The van der Waals surface area contributed by atoms with E-state index in [1.54, 1.807) is 7.11 Å². The van der Waals surface area contributed by atoms with Gasteiger partial charge in [-0.1, -0.05) is 0 Å². The highest BCUT2D eigenvalue weighted by atomic mass is 16.5. The number of hydrogen-bond donors (Lipinski definition) is 0. The Bertz CT molecular complexity index is 365. The van der Waals surface area contributed by atoms with Gasteiger partial charge in [0.05, 0.1) is 6.61 Å². The van der Waals surface area contributed by atoms with E-state index in [2.05, 4.69) is 9.97 Å². The third-order valence-electron chi connectivity index (χ3n) is 1.87. The first-order valence-electron chi connectivity index (χ1n) is 5.29. The first-order chi connectivity index (χ1) is 8.38. The number of methoxy groups -OCH3 is 1. The molecule has 0 fully saturated rings. The topological polar surface area (TPSA) is 77.3 Å². The van der Waals surface area contributed by atoms with Crippen LogP contribution in [0.15, 0.2) is 12.4 Å². The lowest BCUT2D eigenvalue weighted by Gasteiger charge is -2.06. The zero-order valence-electron chi connectivity index (χ0n) is 9.76. The molecule has 0 N–H and O–H groups in total. The largest absolute Gasteiger partial charge is 0.473 e. The van der Waals surface area contributed by atoms with Gasteiger partial charge >= 0.3 is 0 Å².